The van der Waals surface area contributed by atoms with Crippen LogP contribution in [0.2, 0.25) is 10.0 Å². The third-order valence-electron chi connectivity index (χ3n) is 3.87. The van der Waals surface area contributed by atoms with Gasteiger partial charge in [0, 0.05) is 10.7 Å². The Kier molecular flexibility index (Phi) is 5.79. The monoisotopic (exact) mass is 398 g/mol. The van der Waals surface area contributed by atoms with Crippen LogP contribution in [0.15, 0.2) is 66.7 Å². The smallest absolute Gasteiger partial charge is 0.257 e. The fraction of sp³-hybridized carbons (Fsp3) is 0.0476. The van der Waals surface area contributed by atoms with Crippen molar-refractivity contribution < 1.29 is 9.59 Å². The van der Waals surface area contributed by atoms with Crippen LogP contribution in [0.4, 0.5) is 11.4 Å². The van der Waals surface area contributed by atoms with E-state index in [9.17, 15) is 9.59 Å². The first-order chi connectivity index (χ1) is 12.9. The molecule has 3 aromatic carbocycles. The molecule has 0 heterocycles. The summed E-state index contributed by atoms with van der Waals surface area (Å²) in [6.45, 7) is 1.94. The fourth-order valence-electron chi connectivity index (χ4n) is 2.57. The van der Waals surface area contributed by atoms with Gasteiger partial charge in [0.2, 0.25) is 0 Å². The molecule has 4 nitrogen and oxygen atoms in total. The number of para-hydroxylation sites is 1. The van der Waals surface area contributed by atoms with Gasteiger partial charge in [-0.3, -0.25) is 9.59 Å². The Morgan fingerprint density at radius 2 is 1.52 bits per heavy atom. The summed E-state index contributed by atoms with van der Waals surface area (Å²) in [7, 11) is 0. The van der Waals surface area contributed by atoms with Crippen molar-refractivity contribution in [2.24, 2.45) is 0 Å². The number of carbonyl (C=O) groups excluding carboxylic acids is 2. The first kappa shape index (κ1) is 19.0. The maximum absolute atomic E-state index is 12.7. The Morgan fingerprint density at radius 1 is 0.778 bits per heavy atom. The third kappa shape index (κ3) is 4.67. The van der Waals surface area contributed by atoms with Gasteiger partial charge in [0.25, 0.3) is 11.8 Å². The minimum Gasteiger partial charge on any atom is -0.322 e. The summed E-state index contributed by atoms with van der Waals surface area (Å²) in [4.78, 5) is 25.2. The first-order valence-electron chi connectivity index (χ1n) is 8.17. The molecule has 3 rings (SSSR count). The molecule has 3 aromatic rings. The predicted octanol–water partition coefficient (Wildman–Crippen LogP) is 5.81. The Bertz CT molecular complexity index is 1020. The lowest BCUT2D eigenvalue weighted by Gasteiger charge is -2.12. The molecule has 0 aliphatic rings. The zero-order valence-corrected chi connectivity index (χ0v) is 15.9. The predicted molar refractivity (Wildman–Crippen MR) is 110 cm³/mol. The second-order valence-electron chi connectivity index (χ2n) is 5.95. The van der Waals surface area contributed by atoms with E-state index >= 15 is 0 Å². The van der Waals surface area contributed by atoms with E-state index in [1.165, 1.54) is 12.1 Å². The molecule has 0 saturated heterocycles. The Hall–Kier alpha value is -2.82. The molecule has 136 valence electrons. The van der Waals surface area contributed by atoms with Crippen molar-refractivity contribution in [3.63, 3.8) is 0 Å². The molecule has 0 radical (unpaired) electrons. The topological polar surface area (TPSA) is 58.2 Å². The average molecular weight is 399 g/mol. The standard InChI is InChI=1S/C21H16Cl2N2O2/c1-13-5-4-6-15(11-13)24-21(27)17-7-2-3-8-19(17)25-20(26)16-10-9-14(22)12-18(16)23/h2-12H,1H3,(H,24,27)(H,25,26). The molecule has 27 heavy (non-hydrogen) atoms. The van der Waals surface area contributed by atoms with Gasteiger partial charge in [-0.25, -0.2) is 0 Å². The molecule has 0 spiro atoms. The molecule has 6 heteroatoms. The van der Waals surface area contributed by atoms with E-state index in [0.717, 1.165) is 5.56 Å². The summed E-state index contributed by atoms with van der Waals surface area (Å²) in [6.07, 6.45) is 0. The molecule has 2 amide bonds. The summed E-state index contributed by atoms with van der Waals surface area (Å²) in [5.41, 5.74) is 2.72. The van der Waals surface area contributed by atoms with E-state index in [1.54, 1.807) is 36.4 Å². The zero-order valence-electron chi connectivity index (χ0n) is 14.4. The van der Waals surface area contributed by atoms with Gasteiger partial charge in [-0.05, 0) is 55.0 Å². The van der Waals surface area contributed by atoms with Gasteiger partial charge in [-0.1, -0.05) is 47.5 Å². The normalized spacial score (nSPS) is 10.3. The molecule has 0 aromatic heterocycles. The van der Waals surface area contributed by atoms with Gasteiger partial charge >= 0.3 is 0 Å². The van der Waals surface area contributed by atoms with Crippen molar-refractivity contribution >= 4 is 46.4 Å². The number of amides is 2. The number of hydrogen-bond acceptors (Lipinski definition) is 2. The summed E-state index contributed by atoms with van der Waals surface area (Å²) in [5.74, 6) is -0.744. The quantitative estimate of drug-likeness (QED) is 0.582. The molecule has 0 aliphatic heterocycles. The van der Waals surface area contributed by atoms with Crippen molar-refractivity contribution in [3.8, 4) is 0 Å². The first-order valence-corrected chi connectivity index (χ1v) is 8.93. The number of benzene rings is 3. The molecule has 0 aliphatic carbocycles. The van der Waals surface area contributed by atoms with E-state index in [4.69, 9.17) is 23.2 Å². The molecule has 0 bridgehead atoms. The van der Waals surface area contributed by atoms with Gasteiger partial charge in [0.1, 0.15) is 0 Å². The Morgan fingerprint density at radius 3 is 2.26 bits per heavy atom. The van der Waals surface area contributed by atoms with Crippen molar-refractivity contribution in [2.45, 2.75) is 6.92 Å². The molecule has 0 unspecified atom stereocenters. The highest BCUT2D eigenvalue weighted by atomic mass is 35.5. The number of anilines is 2. The summed E-state index contributed by atoms with van der Waals surface area (Å²) in [6, 6.07) is 18.9. The van der Waals surface area contributed by atoms with Crippen LogP contribution in [0.25, 0.3) is 0 Å². The highest BCUT2D eigenvalue weighted by Crippen LogP contribution is 2.24. The molecular formula is C21H16Cl2N2O2. The van der Waals surface area contributed by atoms with Crippen LogP contribution in [-0.4, -0.2) is 11.8 Å². The molecular weight excluding hydrogens is 383 g/mol. The number of halogens is 2. The highest BCUT2D eigenvalue weighted by Gasteiger charge is 2.16. The zero-order chi connectivity index (χ0) is 19.4. The lowest BCUT2D eigenvalue weighted by atomic mass is 10.1. The SMILES string of the molecule is Cc1cccc(NC(=O)c2ccccc2NC(=O)c2ccc(Cl)cc2Cl)c1. The van der Waals surface area contributed by atoms with Crippen LogP contribution in [0.3, 0.4) is 0 Å². The minimum atomic E-state index is -0.424. The van der Waals surface area contributed by atoms with Gasteiger partial charge in [0.05, 0.1) is 21.8 Å². The van der Waals surface area contributed by atoms with E-state index in [1.807, 2.05) is 25.1 Å². The summed E-state index contributed by atoms with van der Waals surface area (Å²) >= 11 is 12.0. The van der Waals surface area contributed by atoms with Crippen LogP contribution in [0, 0.1) is 6.92 Å². The van der Waals surface area contributed by atoms with E-state index in [2.05, 4.69) is 10.6 Å². The van der Waals surface area contributed by atoms with E-state index < -0.39 is 5.91 Å². The lowest BCUT2D eigenvalue weighted by molar-refractivity contribution is 0.102. The number of nitrogens with one attached hydrogen (secondary N) is 2. The minimum absolute atomic E-state index is 0.238. The number of hydrogen-bond donors (Lipinski definition) is 2. The third-order valence-corrected chi connectivity index (χ3v) is 4.42. The Labute approximate surface area is 167 Å². The van der Waals surface area contributed by atoms with Gasteiger partial charge in [-0.2, -0.15) is 0 Å². The summed E-state index contributed by atoms with van der Waals surface area (Å²) in [5, 5.41) is 6.25. The Balaban J connectivity index is 1.83. The maximum Gasteiger partial charge on any atom is 0.257 e. The van der Waals surface area contributed by atoms with Crippen molar-refractivity contribution in [2.75, 3.05) is 10.6 Å². The van der Waals surface area contributed by atoms with Crippen molar-refractivity contribution in [1.29, 1.82) is 0 Å². The second-order valence-corrected chi connectivity index (χ2v) is 6.79. The van der Waals surface area contributed by atoms with Gasteiger partial charge in [0.15, 0.2) is 0 Å². The lowest BCUT2D eigenvalue weighted by Crippen LogP contribution is -2.18. The number of rotatable bonds is 4. The van der Waals surface area contributed by atoms with E-state index in [0.29, 0.717) is 22.0 Å². The molecule has 2 N–H and O–H groups in total. The molecule has 0 atom stereocenters. The summed E-state index contributed by atoms with van der Waals surface area (Å²) < 4.78 is 0. The highest BCUT2D eigenvalue weighted by molar-refractivity contribution is 6.37. The molecule has 0 fully saturated rings. The number of carbonyl (C=O) groups is 2. The van der Waals surface area contributed by atoms with Crippen LogP contribution >= 0.6 is 23.2 Å². The van der Waals surface area contributed by atoms with Gasteiger partial charge < -0.3 is 10.6 Å². The molecule has 0 saturated carbocycles. The van der Waals surface area contributed by atoms with Crippen LogP contribution in [0.1, 0.15) is 26.3 Å². The largest absolute Gasteiger partial charge is 0.322 e. The van der Waals surface area contributed by atoms with Crippen molar-refractivity contribution in [3.05, 3.63) is 93.5 Å². The second kappa shape index (κ2) is 8.25. The van der Waals surface area contributed by atoms with Crippen LogP contribution in [-0.2, 0) is 0 Å². The van der Waals surface area contributed by atoms with Crippen molar-refractivity contribution in [1.82, 2.24) is 0 Å². The average Bonchev–Trinajstić information content (AvgIpc) is 2.62. The fourth-order valence-corrected chi connectivity index (χ4v) is 3.07. The van der Waals surface area contributed by atoms with Crippen LogP contribution in [0.5, 0.6) is 0 Å². The maximum atomic E-state index is 12.7. The van der Waals surface area contributed by atoms with Crippen LogP contribution < -0.4 is 10.6 Å². The number of aryl methyl sites for hydroxylation is 1. The van der Waals surface area contributed by atoms with E-state index in [-0.39, 0.29) is 16.5 Å². The van der Waals surface area contributed by atoms with Gasteiger partial charge in [-0.15, -0.1) is 0 Å².